The zero-order valence-corrected chi connectivity index (χ0v) is 11.0. The summed E-state index contributed by atoms with van der Waals surface area (Å²) in [6.07, 6.45) is 2.67. The van der Waals surface area contributed by atoms with E-state index in [1.165, 1.54) is 13.2 Å². The van der Waals surface area contributed by atoms with Crippen LogP contribution in [0.15, 0.2) is 30.3 Å². The van der Waals surface area contributed by atoms with Gasteiger partial charge in [0.25, 0.3) is 0 Å². The van der Waals surface area contributed by atoms with Crippen LogP contribution in [0.1, 0.15) is 5.56 Å². The number of methoxy groups -OCH3 is 2. The van der Waals surface area contributed by atoms with E-state index in [9.17, 15) is 4.79 Å². The lowest BCUT2D eigenvalue weighted by atomic mass is 10.2. The molecular weight excluding hydrogens is 248 g/mol. The molecule has 1 atom stereocenters. The van der Waals surface area contributed by atoms with Gasteiger partial charge in [-0.05, 0) is 23.8 Å². The van der Waals surface area contributed by atoms with E-state index in [1.807, 2.05) is 0 Å². The van der Waals surface area contributed by atoms with Gasteiger partial charge in [0.1, 0.15) is 18.5 Å². The van der Waals surface area contributed by atoms with Gasteiger partial charge in [0.05, 0.1) is 6.61 Å². The van der Waals surface area contributed by atoms with E-state index in [1.54, 1.807) is 37.5 Å². The summed E-state index contributed by atoms with van der Waals surface area (Å²) < 4.78 is 15.0. The fourth-order valence-corrected chi connectivity index (χ4v) is 1.34. The minimum absolute atomic E-state index is 0.142. The standard InChI is InChI=1S/C14H18O5/c1-17-9-13(18-2)10-19-14(16)8-5-11-3-6-12(15)7-4-11/h3-8,13,15H,9-10H2,1-2H3. The van der Waals surface area contributed by atoms with Crippen LogP contribution in [0.5, 0.6) is 5.75 Å². The van der Waals surface area contributed by atoms with Gasteiger partial charge in [-0.1, -0.05) is 12.1 Å². The second-order valence-electron chi connectivity index (χ2n) is 3.87. The van der Waals surface area contributed by atoms with Crippen LogP contribution in [-0.4, -0.2) is 44.6 Å². The fourth-order valence-electron chi connectivity index (χ4n) is 1.34. The SMILES string of the molecule is COCC(COC(=O)C=Cc1ccc(O)cc1)OC. The molecule has 0 spiro atoms. The van der Waals surface area contributed by atoms with Crippen LogP contribution in [0, 0.1) is 0 Å². The molecule has 0 aliphatic heterocycles. The molecule has 5 heteroatoms. The molecule has 0 aliphatic carbocycles. The number of carbonyl (C=O) groups is 1. The number of phenolic OH excluding ortho intramolecular Hbond substituents is 1. The van der Waals surface area contributed by atoms with Gasteiger partial charge in [-0.25, -0.2) is 4.79 Å². The molecule has 0 heterocycles. The third-order valence-corrected chi connectivity index (χ3v) is 2.40. The molecule has 19 heavy (non-hydrogen) atoms. The number of rotatable bonds is 7. The average molecular weight is 266 g/mol. The zero-order valence-electron chi connectivity index (χ0n) is 11.0. The number of esters is 1. The van der Waals surface area contributed by atoms with Crippen molar-refractivity contribution in [2.75, 3.05) is 27.4 Å². The van der Waals surface area contributed by atoms with Crippen molar-refractivity contribution in [1.82, 2.24) is 0 Å². The highest BCUT2D eigenvalue weighted by molar-refractivity contribution is 5.87. The highest BCUT2D eigenvalue weighted by atomic mass is 16.6. The minimum Gasteiger partial charge on any atom is -0.508 e. The lowest BCUT2D eigenvalue weighted by molar-refractivity contribution is -0.142. The maximum Gasteiger partial charge on any atom is 0.330 e. The number of hydrogen-bond donors (Lipinski definition) is 1. The summed E-state index contributed by atoms with van der Waals surface area (Å²) in [7, 11) is 3.09. The summed E-state index contributed by atoms with van der Waals surface area (Å²) in [5.74, 6) is -0.270. The molecule has 0 amide bonds. The van der Waals surface area contributed by atoms with Crippen molar-refractivity contribution in [2.45, 2.75) is 6.10 Å². The Morgan fingerprint density at radius 2 is 1.95 bits per heavy atom. The molecule has 0 radical (unpaired) electrons. The predicted octanol–water partition coefficient (Wildman–Crippen LogP) is 1.61. The van der Waals surface area contributed by atoms with Crippen LogP contribution in [0.2, 0.25) is 0 Å². The number of aromatic hydroxyl groups is 1. The monoisotopic (exact) mass is 266 g/mol. The van der Waals surface area contributed by atoms with Crippen LogP contribution in [0.25, 0.3) is 6.08 Å². The maximum atomic E-state index is 11.5. The van der Waals surface area contributed by atoms with Crippen molar-refractivity contribution >= 4 is 12.0 Å². The Bertz CT molecular complexity index is 410. The van der Waals surface area contributed by atoms with Gasteiger partial charge in [0, 0.05) is 20.3 Å². The lowest BCUT2D eigenvalue weighted by Gasteiger charge is -2.13. The van der Waals surface area contributed by atoms with Crippen LogP contribution in [0.3, 0.4) is 0 Å². The zero-order chi connectivity index (χ0) is 14.1. The molecule has 0 saturated carbocycles. The third kappa shape index (κ3) is 6.03. The number of ether oxygens (including phenoxy) is 3. The smallest absolute Gasteiger partial charge is 0.330 e. The molecular formula is C14H18O5. The van der Waals surface area contributed by atoms with Gasteiger partial charge in [-0.3, -0.25) is 0 Å². The summed E-state index contributed by atoms with van der Waals surface area (Å²) in [5.41, 5.74) is 0.801. The molecule has 1 N–H and O–H groups in total. The summed E-state index contributed by atoms with van der Waals surface area (Å²) in [6.45, 7) is 0.508. The van der Waals surface area contributed by atoms with E-state index < -0.39 is 5.97 Å². The van der Waals surface area contributed by atoms with E-state index in [-0.39, 0.29) is 18.5 Å². The first-order valence-corrected chi connectivity index (χ1v) is 5.81. The largest absolute Gasteiger partial charge is 0.508 e. The number of benzene rings is 1. The van der Waals surface area contributed by atoms with Crippen molar-refractivity contribution in [3.63, 3.8) is 0 Å². The van der Waals surface area contributed by atoms with Gasteiger partial charge < -0.3 is 19.3 Å². The summed E-state index contributed by atoms with van der Waals surface area (Å²) >= 11 is 0. The molecule has 0 fully saturated rings. The normalized spacial score (nSPS) is 12.5. The minimum atomic E-state index is -0.453. The summed E-state index contributed by atoms with van der Waals surface area (Å²) in [4.78, 5) is 11.5. The van der Waals surface area contributed by atoms with E-state index >= 15 is 0 Å². The number of phenols is 1. The highest BCUT2D eigenvalue weighted by Gasteiger charge is 2.08. The molecule has 0 saturated heterocycles. The molecule has 0 aliphatic rings. The maximum absolute atomic E-state index is 11.5. The Balaban J connectivity index is 2.40. The van der Waals surface area contributed by atoms with Gasteiger partial charge in [-0.2, -0.15) is 0 Å². The van der Waals surface area contributed by atoms with Gasteiger partial charge in [-0.15, -0.1) is 0 Å². The number of carbonyl (C=O) groups excluding carboxylic acids is 1. The van der Waals surface area contributed by atoms with E-state index in [4.69, 9.17) is 19.3 Å². The van der Waals surface area contributed by atoms with Gasteiger partial charge in [0.2, 0.25) is 0 Å². The second kappa shape index (κ2) is 8.29. The first kappa shape index (κ1) is 15.2. The Labute approximate surface area is 112 Å². The Kier molecular flexibility index (Phi) is 6.63. The second-order valence-corrected chi connectivity index (χ2v) is 3.87. The molecule has 1 unspecified atom stereocenters. The molecule has 0 bridgehead atoms. The van der Waals surface area contributed by atoms with Crippen molar-refractivity contribution in [3.8, 4) is 5.75 Å². The quantitative estimate of drug-likeness (QED) is 0.600. The Morgan fingerprint density at radius 3 is 2.53 bits per heavy atom. The molecule has 1 aromatic carbocycles. The summed E-state index contributed by atoms with van der Waals surface area (Å²) in [5, 5.41) is 9.12. The molecule has 104 valence electrons. The molecule has 0 aromatic heterocycles. The lowest BCUT2D eigenvalue weighted by Crippen LogP contribution is -2.24. The van der Waals surface area contributed by atoms with Gasteiger partial charge in [0.15, 0.2) is 0 Å². The molecule has 5 nitrogen and oxygen atoms in total. The van der Waals surface area contributed by atoms with Gasteiger partial charge >= 0.3 is 5.97 Å². The fraction of sp³-hybridized carbons (Fsp3) is 0.357. The van der Waals surface area contributed by atoms with Crippen molar-refractivity contribution < 1.29 is 24.1 Å². The highest BCUT2D eigenvalue weighted by Crippen LogP contribution is 2.10. The van der Waals surface area contributed by atoms with Crippen molar-refractivity contribution in [1.29, 1.82) is 0 Å². The first-order chi connectivity index (χ1) is 9.15. The Hall–Kier alpha value is -1.85. The van der Waals surface area contributed by atoms with Crippen molar-refractivity contribution in [2.24, 2.45) is 0 Å². The van der Waals surface area contributed by atoms with Crippen LogP contribution in [0.4, 0.5) is 0 Å². The Morgan fingerprint density at radius 1 is 1.26 bits per heavy atom. The van der Waals surface area contributed by atoms with Crippen LogP contribution < -0.4 is 0 Å². The van der Waals surface area contributed by atoms with Crippen LogP contribution in [-0.2, 0) is 19.0 Å². The van der Waals surface area contributed by atoms with E-state index in [2.05, 4.69) is 0 Å². The number of hydrogen-bond acceptors (Lipinski definition) is 5. The van der Waals surface area contributed by atoms with E-state index in [0.717, 1.165) is 5.56 Å². The van der Waals surface area contributed by atoms with E-state index in [0.29, 0.717) is 6.61 Å². The van der Waals surface area contributed by atoms with Crippen LogP contribution >= 0.6 is 0 Å². The van der Waals surface area contributed by atoms with Crippen molar-refractivity contribution in [3.05, 3.63) is 35.9 Å². The third-order valence-electron chi connectivity index (χ3n) is 2.40. The average Bonchev–Trinajstić information content (AvgIpc) is 2.42. The molecule has 1 rings (SSSR count). The predicted molar refractivity (Wildman–Crippen MR) is 70.8 cm³/mol. The first-order valence-electron chi connectivity index (χ1n) is 5.81. The topological polar surface area (TPSA) is 65.0 Å². The summed E-state index contributed by atoms with van der Waals surface area (Å²) in [6, 6.07) is 6.49. The molecule has 1 aromatic rings.